The number of halogens is 1. The maximum atomic E-state index is 12.9. The van der Waals surface area contributed by atoms with Crippen molar-refractivity contribution in [1.82, 2.24) is 4.90 Å². The highest BCUT2D eigenvalue weighted by molar-refractivity contribution is 7.92. The van der Waals surface area contributed by atoms with E-state index in [1.54, 1.807) is 49.3 Å². The van der Waals surface area contributed by atoms with Crippen molar-refractivity contribution in [3.8, 4) is 11.5 Å². The van der Waals surface area contributed by atoms with Crippen LogP contribution in [0.2, 0.25) is 5.02 Å². The molecule has 1 unspecified atom stereocenters. The number of nitrogens with zero attached hydrogens (tertiary/aromatic N) is 1. The fourth-order valence-electron chi connectivity index (χ4n) is 3.76. The molecule has 9 heteroatoms. The largest absolute Gasteiger partial charge is 0.497 e. The topological polar surface area (TPSA) is 84.9 Å². The van der Waals surface area contributed by atoms with Crippen LogP contribution < -0.4 is 14.2 Å². The summed E-state index contributed by atoms with van der Waals surface area (Å²) in [5, 5.41) is 0.332. The van der Waals surface area contributed by atoms with Crippen LogP contribution in [0.1, 0.15) is 18.1 Å². The number of sulfonamides is 1. The van der Waals surface area contributed by atoms with E-state index < -0.39 is 16.1 Å². The van der Waals surface area contributed by atoms with E-state index in [1.807, 2.05) is 24.3 Å². The Balaban J connectivity index is 1.53. The molecular formula is C25H25ClN2O5S. The van der Waals surface area contributed by atoms with Gasteiger partial charge in [0.1, 0.15) is 11.5 Å². The van der Waals surface area contributed by atoms with Crippen molar-refractivity contribution < 1.29 is 22.7 Å². The molecule has 7 nitrogen and oxygen atoms in total. The van der Waals surface area contributed by atoms with Gasteiger partial charge in [0.05, 0.1) is 12.0 Å². The molecule has 0 spiro atoms. The Bertz CT molecular complexity index is 1290. The van der Waals surface area contributed by atoms with Crippen molar-refractivity contribution in [3.05, 3.63) is 82.9 Å². The first-order chi connectivity index (χ1) is 16.2. The van der Waals surface area contributed by atoms with Gasteiger partial charge < -0.3 is 14.4 Å². The molecule has 1 aliphatic rings. The number of nitrogens with one attached hydrogen (secondary N) is 1. The minimum absolute atomic E-state index is 0.0658. The van der Waals surface area contributed by atoms with E-state index in [-0.39, 0.29) is 10.8 Å². The quantitative estimate of drug-likeness (QED) is 0.516. The predicted octanol–water partition coefficient (Wildman–Crippen LogP) is 4.50. The Hall–Kier alpha value is -3.23. The maximum absolute atomic E-state index is 12.9. The van der Waals surface area contributed by atoms with Crippen LogP contribution in [0.4, 0.5) is 5.69 Å². The van der Waals surface area contributed by atoms with Gasteiger partial charge in [-0.05, 0) is 67.4 Å². The molecular weight excluding hydrogens is 476 g/mol. The second-order valence-electron chi connectivity index (χ2n) is 8.00. The molecule has 3 aromatic carbocycles. The van der Waals surface area contributed by atoms with Crippen molar-refractivity contribution in [3.63, 3.8) is 0 Å². The summed E-state index contributed by atoms with van der Waals surface area (Å²) in [7, 11) is -2.21. The number of hydrogen-bond acceptors (Lipinski definition) is 5. The van der Waals surface area contributed by atoms with Crippen molar-refractivity contribution in [2.75, 3.05) is 18.4 Å². The molecule has 3 aromatic rings. The number of carbonyl (C=O) groups excluding carboxylic acids is 1. The van der Waals surface area contributed by atoms with Gasteiger partial charge >= 0.3 is 0 Å². The highest BCUT2D eigenvalue weighted by Gasteiger charge is 2.28. The van der Waals surface area contributed by atoms with Gasteiger partial charge in [0, 0.05) is 29.4 Å². The van der Waals surface area contributed by atoms with Gasteiger partial charge in [-0.25, -0.2) is 8.42 Å². The molecule has 0 radical (unpaired) electrons. The van der Waals surface area contributed by atoms with Gasteiger partial charge in [-0.15, -0.1) is 0 Å². The van der Waals surface area contributed by atoms with Gasteiger partial charge in [0.2, 0.25) is 0 Å². The first-order valence-corrected chi connectivity index (χ1v) is 12.6. The minimum Gasteiger partial charge on any atom is -0.497 e. The smallest absolute Gasteiger partial charge is 0.263 e. The van der Waals surface area contributed by atoms with Crippen molar-refractivity contribution >= 4 is 33.2 Å². The molecule has 0 saturated carbocycles. The Kier molecular flexibility index (Phi) is 7.00. The predicted molar refractivity (Wildman–Crippen MR) is 131 cm³/mol. The fraction of sp³-hybridized carbons (Fsp3) is 0.240. The normalized spacial score (nSPS) is 15.8. The average molecular weight is 501 g/mol. The van der Waals surface area contributed by atoms with Gasteiger partial charge in [-0.2, -0.15) is 0 Å². The van der Waals surface area contributed by atoms with Gasteiger partial charge in [-0.1, -0.05) is 29.8 Å². The summed E-state index contributed by atoms with van der Waals surface area (Å²) >= 11 is 5.95. The Morgan fingerprint density at radius 1 is 1.12 bits per heavy atom. The lowest BCUT2D eigenvalue weighted by Crippen LogP contribution is -2.39. The van der Waals surface area contributed by atoms with Crippen molar-refractivity contribution in [1.29, 1.82) is 0 Å². The molecule has 1 aliphatic heterocycles. The number of anilines is 1. The number of fused-ring (bicyclic) bond motifs is 1. The number of carbonyl (C=O) groups is 1. The van der Waals surface area contributed by atoms with Gasteiger partial charge in [0.15, 0.2) is 6.10 Å². The van der Waals surface area contributed by atoms with Crippen LogP contribution in [0.3, 0.4) is 0 Å². The molecule has 1 N–H and O–H groups in total. The van der Waals surface area contributed by atoms with E-state index in [4.69, 9.17) is 21.1 Å². The molecule has 0 bridgehead atoms. The number of benzene rings is 3. The molecule has 0 aliphatic carbocycles. The average Bonchev–Trinajstić information content (AvgIpc) is 2.93. The first kappa shape index (κ1) is 23.9. The zero-order valence-corrected chi connectivity index (χ0v) is 20.4. The summed E-state index contributed by atoms with van der Waals surface area (Å²) in [5.41, 5.74) is 2.17. The molecule has 0 aromatic heterocycles. The van der Waals surface area contributed by atoms with Crippen LogP contribution in [0.25, 0.3) is 0 Å². The minimum atomic E-state index is -3.82. The zero-order valence-electron chi connectivity index (χ0n) is 18.8. The van der Waals surface area contributed by atoms with Crippen LogP contribution in [0.5, 0.6) is 11.5 Å². The molecule has 1 heterocycles. The van der Waals surface area contributed by atoms with Gasteiger partial charge in [-0.3, -0.25) is 9.52 Å². The van der Waals surface area contributed by atoms with Crippen LogP contribution >= 0.6 is 11.6 Å². The van der Waals surface area contributed by atoms with Crippen molar-refractivity contribution in [2.45, 2.75) is 30.9 Å². The Labute approximate surface area is 204 Å². The molecule has 1 amide bonds. The fourth-order valence-corrected chi connectivity index (χ4v) is 5.11. The van der Waals surface area contributed by atoms with E-state index in [1.165, 1.54) is 12.1 Å². The standard InChI is InChI=1S/C25H25ClN2O5S/c1-17-25(29)28(13-12-18-6-9-22(32-2)10-7-18)16-19-14-21(8-11-24(19)33-17)27-34(30,31)23-5-3-4-20(26)15-23/h3-11,14-15,17,27H,12-13,16H2,1-2H3. The van der Waals surface area contributed by atoms with Gasteiger partial charge in [0.25, 0.3) is 15.9 Å². The van der Waals surface area contributed by atoms with E-state index in [2.05, 4.69) is 4.72 Å². The lowest BCUT2D eigenvalue weighted by Gasteiger charge is -2.22. The molecule has 178 valence electrons. The third kappa shape index (κ3) is 5.46. The first-order valence-electron chi connectivity index (χ1n) is 10.7. The van der Waals surface area contributed by atoms with E-state index in [9.17, 15) is 13.2 Å². The Morgan fingerprint density at radius 3 is 2.59 bits per heavy atom. The monoisotopic (exact) mass is 500 g/mol. The molecule has 1 atom stereocenters. The second kappa shape index (κ2) is 9.95. The zero-order chi connectivity index (χ0) is 24.3. The SMILES string of the molecule is COc1ccc(CCN2Cc3cc(NS(=O)(=O)c4cccc(Cl)c4)ccc3OC(C)C2=O)cc1. The second-order valence-corrected chi connectivity index (χ2v) is 10.1. The number of hydrogen-bond donors (Lipinski definition) is 1. The highest BCUT2D eigenvalue weighted by Crippen LogP contribution is 2.30. The van der Waals surface area contributed by atoms with E-state index >= 15 is 0 Å². The molecule has 0 fully saturated rings. The molecule has 0 saturated heterocycles. The number of rotatable bonds is 7. The number of amides is 1. The summed E-state index contributed by atoms with van der Waals surface area (Å²) in [6.45, 7) is 2.52. The summed E-state index contributed by atoms with van der Waals surface area (Å²) in [6.07, 6.45) is 0.0184. The van der Waals surface area contributed by atoms with Crippen LogP contribution in [0, 0.1) is 0 Å². The van der Waals surface area contributed by atoms with Crippen LogP contribution in [-0.2, 0) is 27.8 Å². The van der Waals surface area contributed by atoms with Crippen LogP contribution in [0.15, 0.2) is 71.6 Å². The van der Waals surface area contributed by atoms with E-state index in [0.717, 1.165) is 16.9 Å². The summed E-state index contributed by atoms with van der Waals surface area (Å²) in [5.74, 6) is 1.21. The maximum Gasteiger partial charge on any atom is 0.263 e. The third-order valence-corrected chi connectivity index (χ3v) is 7.19. The highest BCUT2D eigenvalue weighted by atomic mass is 35.5. The summed E-state index contributed by atoms with van der Waals surface area (Å²) in [6, 6.07) is 18.8. The summed E-state index contributed by atoms with van der Waals surface area (Å²) in [4.78, 5) is 14.7. The Morgan fingerprint density at radius 2 is 1.88 bits per heavy atom. The number of ether oxygens (including phenoxy) is 2. The molecule has 4 rings (SSSR count). The lowest BCUT2D eigenvalue weighted by atomic mass is 10.1. The van der Waals surface area contributed by atoms with Crippen LogP contribution in [-0.4, -0.2) is 39.0 Å². The summed E-state index contributed by atoms with van der Waals surface area (Å²) < 4.78 is 39.2. The van der Waals surface area contributed by atoms with Crippen molar-refractivity contribution in [2.24, 2.45) is 0 Å². The van der Waals surface area contributed by atoms with E-state index in [0.29, 0.717) is 36.0 Å². The lowest BCUT2D eigenvalue weighted by molar-refractivity contribution is -0.137. The number of methoxy groups -OCH3 is 1. The molecule has 34 heavy (non-hydrogen) atoms. The third-order valence-electron chi connectivity index (χ3n) is 5.57.